The molecule has 0 spiro atoms. The van der Waals surface area contributed by atoms with E-state index in [4.69, 9.17) is 0 Å². The Labute approximate surface area is 94.1 Å². The summed E-state index contributed by atoms with van der Waals surface area (Å²) in [6.07, 6.45) is 3.66. The highest BCUT2D eigenvalue weighted by Gasteiger charge is 2.25. The Hall–Kier alpha value is -1.23. The topological polar surface area (TPSA) is 58.2 Å². The minimum absolute atomic E-state index is 0.0743. The number of allylic oxidation sites excluding steroid dienone is 1. The second-order valence-electron chi connectivity index (χ2n) is 3.58. The van der Waals surface area contributed by atoms with Gasteiger partial charge in [-0.1, -0.05) is 26.3 Å². The van der Waals surface area contributed by atoms with Crippen LogP contribution < -0.4 is 10.6 Å². The Morgan fingerprint density at radius 1 is 1.33 bits per heavy atom. The van der Waals surface area contributed by atoms with Gasteiger partial charge in [0.25, 0.3) is 11.8 Å². The summed E-state index contributed by atoms with van der Waals surface area (Å²) in [4.78, 5) is 22.9. The summed E-state index contributed by atoms with van der Waals surface area (Å²) in [6, 6.07) is 0. The molecule has 5 heteroatoms. The van der Waals surface area contributed by atoms with E-state index < -0.39 is 11.8 Å². The van der Waals surface area contributed by atoms with Crippen molar-refractivity contribution >= 4 is 29.1 Å². The van der Waals surface area contributed by atoms with Gasteiger partial charge in [0.2, 0.25) is 0 Å². The Bertz CT molecular complexity index is 314. The molecule has 0 radical (unpaired) electrons. The molecule has 0 aromatic carbocycles. The number of carbonyl (C=O) groups excluding carboxylic acids is 2. The lowest BCUT2D eigenvalue weighted by Crippen LogP contribution is -2.51. The van der Waals surface area contributed by atoms with Gasteiger partial charge >= 0.3 is 0 Å². The fraction of sp³-hybridized carbons (Fsp3) is 0.500. The van der Waals surface area contributed by atoms with E-state index in [0.717, 1.165) is 12.8 Å². The average Bonchev–Trinajstić information content (AvgIpc) is 2.11. The molecule has 0 aliphatic carbocycles. The third-order valence-corrected chi connectivity index (χ3v) is 2.34. The highest BCUT2D eigenvalue weighted by Crippen LogP contribution is 2.11. The Morgan fingerprint density at radius 3 is 2.33 bits per heavy atom. The third-order valence-electron chi connectivity index (χ3n) is 2.14. The summed E-state index contributed by atoms with van der Waals surface area (Å²) in [5.74, 6) is -0.605. The summed E-state index contributed by atoms with van der Waals surface area (Å²) >= 11 is 4.69. The molecule has 1 aliphatic rings. The van der Waals surface area contributed by atoms with E-state index in [1.807, 2.05) is 6.92 Å². The van der Waals surface area contributed by atoms with Crippen molar-refractivity contribution in [2.24, 2.45) is 5.92 Å². The zero-order valence-electron chi connectivity index (χ0n) is 8.79. The van der Waals surface area contributed by atoms with Crippen molar-refractivity contribution in [2.75, 3.05) is 0 Å². The highest BCUT2D eigenvalue weighted by molar-refractivity contribution is 7.80. The first-order chi connectivity index (χ1) is 7.04. The quantitative estimate of drug-likeness (QED) is 0.427. The number of thiocarbonyl (C=S) groups is 1. The molecule has 1 rings (SSSR count). The molecule has 0 unspecified atom stereocenters. The molecule has 0 bridgehead atoms. The number of nitrogens with one attached hydrogen (secondary N) is 2. The smallest absolute Gasteiger partial charge is 0.262 e. The van der Waals surface area contributed by atoms with Crippen molar-refractivity contribution in [1.82, 2.24) is 10.6 Å². The van der Waals surface area contributed by atoms with Gasteiger partial charge in [0, 0.05) is 0 Å². The summed E-state index contributed by atoms with van der Waals surface area (Å²) in [7, 11) is 0. The maximum absolute atomic E-state index is 11.4. The molecule has 4 nitrogen and oxygen atoms in total. The standard InChI is InChI=1S/C10H14N2O2S/c1-3-4-6(2)5-7-8(13)11-10(15)12-9(7)14/h5-6H,3-4H2,1-2H3,(H2,11,12,13,14,15)/t6-/m0/s1. The lowest BCUT2D eigenvalue weighted by atomic mass is 10.0. The van der Waals surface area contributed by atoms with Gasteiger partial charge in [-0.25, -0.2) is 0 Å². The Kier molecular flexibility index (Phi) is 3.96. The molecule has 1 aliphatic heterocycles. The van der Waals surface area contributed by atoms with E-state index in [1.165, 1.54) is 0 Å². The van der Waals surface area contributed by atoms with Crippen LogP contribution in [-0.2, 0) is 9.59 Å². The van der Waals surface area contributed by atoms with Crippen LogP contribution in [-0.4, -0.2) is 16.9 Å². The molecule has 1 atom stereocenters. The zero-order chi connectivity index (χ0) is 11.4. The molecule has 15 heavy (non-hydrogen) atoms. The van der Waals surface area contributed by atoms with Gasteiger partial charge in [-0.2, -0.15) is 0 Å². The first kappa shape index (κ1) is 11.8. The molecule has 0 aromatic heterocycles. The van der Waals surface area contributed by atoms with Crippen LogP contribution in [0.15, 0.2) is 11.6 Å². The lowest BCUT2D eigenvalue weighted by molar-refractivity contribution is -0.123. The van der Waals surface area contributed by atoms with Gasteiger partial charge in [-0.05, 0) is 24.6 Å². The van der Waals surface area contributed by atoms with Crippen LogP contribution >= 0.6 is 12.2 Å². The summed E-state index contributed by atoms with van der Waals surface area (Å²) < 4.78 is 0. The van der Waals surface area contributed by atoms with Gasteiger partial charge < -0.3 is 0 Å². The van der Waals surface area contributed by atoms with Gasteiger partial charge in [0.15, 0.2) is 5.11 Å². The maximum Gasteiger partial charge on any atom is 0.262 e. The molecule has 1 fully saturated rings. The van der Waals surface area contributed by atoms with E-state index >= 15 is 0 Å². The number of hydrogen-bond donors (Lipinski definition) is 2. The van der Waals surface area contributed by atoms with Crippen LogP contribution in [0.5, 0.6) is 0 Å². The minimum atomic E-state index is -0.410. The van der Waals surface area contributed by atoms with Crippen molar-refractivity contribution in [1.29, 1.82) is 0 Å². The average molecular weight is 226 g/mol. The second kappa shape index (κ2) is 5.02. The lowest BCUT2D eigenvalue weighted by Gasteiger charge is -2.17. The number of hydrogen-bond acceptors (Lipinski definition) is 3. The van der Waals surface area contributed by atoms with Crippen LogP contribution in [0.2, 0.25) is 0 Å². The molecule has 2 amide bonds. The van der Waals surface area contributed by atoms with Crippen LogP contribution in [0.25, 0.3) is 0 Å². The van der Waals surface area contributed by atoms with Crippen LogP contribution in [0.1, 0.15) is 26.7 Å². The monoisotopic (exact) mass is 226 g/mol. The number of rotatable bonds is 3. The minimum Gasteiger partial charge on any atom is -0.299 e. The normalized spacial score (nSPS) is 18.3. The van der Waals surface area contributed by atoms with Crippen molar-refractivity contribution in [3.8, 4) is 0 Å². The molecular weight excluding hydrogens is 212 g/mol. The number of carbonyl (C=O) groups is 2. The maximum atomic E-state index is 11.4. The van der Waals surface area contributed by atoms with Gasteiger partial charge in [-0.3, -0.25) is 20.2 Å². The number of amides is 2. The van der Waals surface area contributed by atoms with Crippen molar-refractivity contribution in [2.45, 2.75) is 26.7 Å². The second-order valence-corrected chi connectivity index (χ2v) is 3.99. The Balaban J connectivity index is 2.79. The van der Waals surface area contributed by atoms with E-state index in [2.05, 4.69) is 29.8 Å². The summed E-state index contributed by atoms with van der Waals surface area (Å²) in [5, 5.41) is 4.87. The van der Waals surface area contributed by atoms with Crippen LogP contribution in [0.4, 0.5) is 0 Å². The van der Waals surface area contributed by atoms with E-state index in [9.17, 15) is 9.59 Å². The molecule has 0 saturated carbocycles. The third kappa shape index (κ3) is 3.13. The molecular formula is C10H14N2O2S. The van der Waals surface area contributed by atoms with Gasteiger partial charge in [0.05, 0.1) is 0 Å². The summed E-state index contributed by atoms with van der Waals surface area (Å²) in [6.45, 7) is 4.04. The molecule has 1 saturated heterocycles. The Morgan fingerprint density at radius 2 is 1.87 bits per heavy atom. The first-order valence-corrected chi connectivity index (χ1v) is 5.34. The zero-order valence-corrected chi connectivity index (χ0v) is 9.61. The fourth-order valence-corrected chi connectivity index (χ4v) is 1.64. The van der Waals surface area contributed by atoms with Crippen molar-refractivity contribution in [3.63, 3.8) is 0 Å². The van der Waals surface area contributed by atoms with Crippen molar-refractivity contribution in [3.05, 3.63) is 11.6 Å². The van der Waals surface area contributed by atoms with E-state index in [0.29, 0.717) is 0 Å². The molecule has 0 aromatic rings. The van der Waals surface area contributed by atoms with Crippen LogP contribution in [0.3, 0.4) is 0 Å². The summed E-state index contributed by atoms with van der Waals surface area (Å²) in [5.41, 5.74) is 0.157. The van der Waals surface area contributed by atoms with E-state index in [1.54, 1.807) is 6.08 Å². The first-order valence-electron chi connectivity index (χ1n) is 4.93. The van der Waals surface area contributed by atoms with Crippen LogP contribution in [0, 0.1) is 5.92 Å². The highest BCUT2D eigenvalue weighted by atomic mass is 32.1. The molecule has 82 valence electrons. The fourth-order valence-electron chi connectivity index (χ4n) is 1.45. The molecule has 2 N–H and O–H groups in total. The van der Waals surface area contributed by atoms with Gasteiger partial charge in [-0.15, -0.1) is 0 Å². The largest absolute Gasteiger partial charge is 0.299 e. The predicted molar refractivity (Wildman–Crippen MR) is 61.0 cm³/mol. The predicted octanol–water partition coefficient (Wildman–Crippen LogP) is 0.880. The van der Waals surface area contributed by atoms with Crippen molar-refractivity contribution < 1.29 is 9.59 Å². The SMILES string of the molecule is CCC[C@H](C)C=C1C(=O)NC(=S)NC1=O. The van der Waals surface area contributed by atoms with Gasteiger partial charge in [0.1, 0.15) is 5.57 Å². The molecule has 1 heterocycles. The van der Waals surface area contributed by atoms with E-state index in [-0.39, 0.29) is 16.6 Å².